The zero-order chi connectivity index (χ0) is 18.7. The van der Waals surface area contributed by atoms with Crippen molar-refractivity contribution in [2.24, 2.45) is 0 Å². The number of hydrogen-bond acceptors (Lipinski definition) is 5. The van der Waals surface area contributed by atoms with Crippen molar-refractivity contribution in [3.05, 3.63) is 58.5 Å². The molecule has 2 N–H and O–H groups in total. The van der Waals surface area contributed by atoms with E-state index in [1.54, 1.807) is 6.08 Å². The number of nitrogens with one attached hydrogen (secondary N) is 2. The van der Waals surface area contributed by atoms with Crippen LogP contribution in [0.25, 0.3) is 10.7 Å². The first-order valence-corrected chi connectivity index (χ1v) is 9.30. The number of aryl methyl sites for hydroxylation is 2. The van der Waals surface area contributed by atoms with Crippen molar-refractivity contribution >= 4 is 34.6 Å². The Morgan fingerprint density at radius 3 is 2.92 bits per heavy atom. The van der Waals surface area contributed by atoms with E-state index in [0.29, 0.717) is 28.7 Å². The van der Waals surface area contributed by atoms with Crippen LogP contribution in [-0.4, -0.2) is 25.7 Å². The number of aromatic amines is 1. The van der Waals surface area contributed by atoms with Gasteiger partial charge in [0.1, 0.15) is 0 Å². The van der Waals surface area contributed by atoms with Gasteiger partial charge in [0.25, 0.3) is 0 Å². The monoisotopic (exact) mass is 385 g/mol. The minimum Gasteiger partial charge on any atom is -0.302 e. The normalized spacial score (nSPS) is 10.7. The predicted molar refractivity (Wildman–Crippen MR) is 107 cm³/mol. The fraction of sp³-hybridized carbons (Fsp3) is 0.222. The van der Waals surface area contributed by atoms with Crippen molar-refractivity contribution in [2.75, 3.05) is 5.32 Å². The van der Waals surface area contributed by atoms with Gasteiger partial charge in [0.2, 0.25) is 5.91 Å². The lowest BCUT2D eigenvalue weighted by atomic mass is 10.1. The van der Waals surface area contributed by atoms with Crippen LogP contribution < -0.4 is 5.32 Å². The molecule has 6 nitrogen and oxygen atoms in total. The summed E-state index contributed by atoms with van der Waals surface area (Å²) >= 11 is 6.64. The topological polar surface area (TPSA) is 75.6 Å². The number of allylic oxidation sites excluding steroid dienone is 1. The lowest BCUT2D eigenvalue weighted by Crippen LogP contribution is -2.14. The predicted octanol–water partition coefficient (Wildman–Crippen LogP) is 4.05. The first-order chi connectivity index (χ1) is 12.5. The van der Waals surface area contributed by atoms with Crippen LogP contribution in [0.15, 0.2) is 36.9 Å². The number of carbonyl (C=O) groups excluding carboxylic acids is 1. The highest BCUT2D eigenvalue weighted by Gasteiger charge is 2.17. The second-order valence-electron chi connectivity index (χ2n) is 5.84. The van der Waals surface area contributed by atoms with Crippen LogP contribution in [0.2, 0.25) is 0 Å². The molecule has 0 saturated carbocycles. The Morgan fingerprint density at radius 1 is 1.42 bits per heavy atom. The van der Waals surface area contributed by atoms with E-state index >= 15 is 0 Å². The van der Waals surface area contributed by atoms with Crippen molar-refractivity contribution in [3.8, 4) is 10.7 Å². The maximum absolute atomic E-state index is 12.4. The van der Waals surface area contributed by atoms with E-state index < -0.39 is 0 Å². The summed E-state index contributed by atoms with van der Waals surface area (Å²) in [6.07, 6.45) is 2.08. The zero-order valence-corrected chi connectivity index (χ0v) is 16.2. The van der Waals surface area contributed by atoms with Gasteiger partial charge in [-0.1, -0.05) is 41.7 Å². The molecule has 1 amide bonds. The van der Waals surface area contributed by atoms with E-state index in [9.17, 15) is 4.79 Å². The van der Waals surface area contributed by atoms with E-state index in [0.717, 1.165) is 21.7 Å². The molecule has 0 spiro atoms. The van der Waals surface area contributed by atoms with Crippen LogP contribution in [0.3, 0.4) is 0 Å². The fourth-order valence-electron chi connectivity index (χ4n) is 2.59. The molecule has 3 aromatic rings. The molecule has 0 aliphatic heterocycles. The Hall–Kier alpha value is -2.58. The Kier molecular flexibility index (Phi) is 5.43. The smallest absolute Gasteiger partial charge is 0.230 e. The third-order valence-electron chi connectivity index (χ3n) is 3.93. The standard InChI is InChI=1S/C18H19N5OS2/c1-4-9-23-16(21-22-18(23)25)15-12(3)19-17(26-15)20-14(24)10-13-8-6-5-7-11(13)2/h4-8H,1,9-10H2,2-3H3,(H,22,25)(H,19,20,24). The average molecular weight is 386 g/mol. The van der Waals surface area contributed by atoms with Gasteiger partial charge in [0.15, 0.2) is 15.7 Å². The number of amides is 1. The van der Waals surface area contributed by atoms with E-state index in [1.165, 1.54) is 11.3 Å². The molecule has 2 aromatic heterocycles. The first-order valence-electron chi connectivity index (χ1n) is 8.08. The van der Waals surface area contributed by atoms with E-state index in [2.05, 4.69) is 27.1 Å². The molecule has 0 aliphatic rings. The van der Waals surface area contributed by atoms with Crippen molar-refractivity contribution < 1.29 is 4.79 Å². The van der Waals surface area contributed by atoms with E-state index in [1.807, 2.05) is 42.7 Å². The zero-order valence-electron chi connectivity index (χ0n) is 14.6. The third kappa shape index (κ3) is 3.81. The summed E-state index contributed by atoms with van der Waals surface area (Å²) in [5, 5.41) is 10.5. The second-order valence-corrected chi connectivity index (χ2v) is 7.22. The second kappa shape index (κ2) is 7.76. The van der Waals surface area contributed by atoms with Crippen LogP contribution in [0, 0.1) is 18.6 Å². The molecule has 134 valence electrons. The summed E-state index contributed by atoms with van der Waals surface area (Å²) in [4.78, 5) is 17.7. The number of hydrogen-bond donors (Lipinski definition) is 2. The van der Waals surface area contributed by atoms with Crippen molar-refractivity contribution in [2.45, 2.75) is 26.8 Å². The Bertz CT molecular complexity index is 1010. The molecule has 0 bridgehead atoms. The van der Waals surface area contributed by atoms with Gasteiger partial charge in [0.05, 0.1) is 17.0 Å². The maximum Gasteiger partial charge on any atom is 0.230 e. The van der Waals surface area contributed by atoms with Gasteiger partial charge in [-0.05, 0) is 37.2 Å². The molecule has 1 aromatic carbocycles. The highest BCUT2D eigenvalue weighted by Crippen LogP contribution is 2.31. The fourth-order valence-corrected chi connectivity index (χ4v) is 3.78. The molecule has 2 heterocycles. The number of H-pyrrole nitrogens is 1. The quantitative estimate of drug-likeness (QED) is 0.496. The third-order valence-corrected chi connectivity index (χ3v) is 5.31. The summed E-state index contributed by atoms with van der Waals surface area (Å²) in [6, 6.07) is 7.85. The first kappa shape index (κ1) is 18.2. The highest BCUT2D eigenvalue weighted by atomic mass is 32.1. The molecular weight excluding hydrogens is 366 g/mol. The van der Waals surface area contributed by atoms with Crippen molar-refractivity contribution in [1.82, 2.24) is 19.7 Å². The Morgan fingerprint density at radius 2 is 2.19 bits per heavy atom. The van der Waals surface area contributed by atoms with Gasteiger partial charge in [0, 0.05) is 6.54 Å². The largest absolute Gasteiger partial charge is 0.302 e. The molecular formula is C18H19N5OS2. The average Bonchev–Trinajstić information content (AvgIpc) is 3.13. The Labute approximate surface area is 160 Å². The molecule has 0 saturated heterocycles. The summed E-state index contributed by atoms with van der Waals surface area (Å²) in [5.41, 5.74) is 2.89. The highest BCUT2D eigenvalue weighted by molar-refractivity contribution is 7.71. The molecule has 8 heteroatoms. The van der Waals surface area contributed by atoms with Crippen LogP contribution in [0.1, 0.15) is 16.8 Å². The number of anilines is 1. The van der Waals surface area contributed by atoms with Crippen LogP contribution in [-0.2, 0) is 17.8 Å². The maximum atomic E-state index is 12.4. The number of carbonyl (C=O) groups is 1. The summed E-state index contributed by atoms with van der Waals surface area (Å²) in [7, 11) is 0. The molecule has 0 atom stereocenters. The number of aromatic nitrogens is 4. The van der Waals surface area contributed by atoms with E-state index in [4.69, 9.17) is 12.2 Å². The lowest BCUT2D eigenvalue weighted by Gasteiger charge is -2.05. The van der Waals surface area contributed by atoms with Gasteiger partial charge in [-0.3, -0.25) is 14.5 Å². The SMILES string of the molecule is C=CCn1c(-c2sc(NC(=O)Cc3ccccc3C)nc2C)n[nH]c1=S. The molecule has 0 unspecified atom stereocenters. The number of benzene rings is 1. The van der Waals surface area contributed by atoms with Crippen molar-refractivity contribution in [3.63, 3.8) is 0 Å². The summed E-state index contributed by atoms with van der Waals surface area (Å²) in [6.45, 7) is 8.18. The molecule has 0 fully saturated rings. The van der Waals surface area contributed by atoms with Crippen molar-refractivity contribution in [1.29, 1.82) is 0 Å². The van der Waals surface area contributed by atoms with Gasteiger partial charge < -0.3 is 5.32 Å². The number of rotatable bonds is 6. The van der Waals surface area contributed by atoms with Crippen LogP contribution in [0.4, 0.5) is 5.13 Å². The summed E-state index contributed by atoms with van der Waals surface area (Å²) < 4.78 is 2.37. The number of nitrogens with zero attached hydrogens (tertiary/aromatic N) is 3. The Balaban J connectivity index is 1.80. The number of thiazole rings is 1. The van der Waals surface area contributed by atoms with Gasteiger partial charge >= 0.3 is 0 Å². The van der Waals surface area contributed by atoms with E-state index in [-0.39, 0.29) is 5.91 Å². The minimum absolute atomic E-state index is 0.0930. The summed E-state index contributed by atoms with van der Waals surface area (Å²) in [5.74, 6) is 0.605. The van der Waals surface area contributed by atoms with Gasteiger partial charge in [-0.15, -0.1) is 6.58 Å². The lowest BCUT2D eigenvalue weighted by molar-refractivity contribution is -0.115. The molecule has 26 heavy (non-hydrogen) atoms. The van der Waals surface area contributed by atoms with Gasteiger partial charge in [-0.2, -0.15) is 5.10 Å². The minimum atomic E-state index is -0.0930. The van der Waals surface area contributed by atoms with Gasteiger partial charge in [-0.25, -0.2) is 4.98 Å². The van der Waals surface area contributed by atoms with Crippen LogP contribution >= 0.6 is 23.6 Å². The van der Waals surface area contributed by atoms with Crippen LogP contribution in [0.5, 0.6) is 0 Å². The molecule has 0 radical (unpaired) electrons. The molecule has 0 aliphatic carbocycles. The molecule has 3 rings (SSSR count).